The minimum Gasteiger partial charge on any atom is -0.380 e. The molecule has 0 bridgehead atoms. The van der Waals surface area contributed by atoms with Crippen LogP contribution in [0, 0.1) is 0 Å². The van der Waals surface area contributed by atoms with Crippen molar-refractivity contribution >= 4 is 28.2 Å². The van der Waals surface area contributed by atoms with Crippen molar-refractivity contribution in [3.8, 4) is 0 Å². The number of benzene rings is 2. The third-order valence-electron chi connectivity index (χ3n) is 7.14. The number of nitrogens with one attached hydrogen (secondary N) is 2. The molecular weight excluding hydrogens is 453 g/mol. The summed E-state index contributed by atoms with van der Waals surface area (Å²) in [5.74, 6) is -0.454. The van der Waals surface area contributed by atoms with Gasteiger partial charge in [0.05, 0.1) is 16.6 Å². The Kier molecular flexibility index (Phi) is 6.65. The molecule has 5 nitrogen and oxygen atoms in total. The summed E-state index contributed by atoms with van der Waals surface area (Å²) in [5.41, 5.74) is 0.934. The SMILES string of the molecule is O=C(Nc1ccc2cccnc2c1)c1ccc(C(F)(F)F)cc1N[C@H]1CCCC[C@H]1N1CCCC1. The lowest BCUT2D eigenvalue weighted by Gasteiger charge is -2.39. The number of carbonyl (C=O) groups is 1. The van der Waals surface area contributed by atoms with Gasteiger partial charge in [0.15, 0.2) is 0 Å². The van der Waals surface area contributed by atoms with E-state index in [0.29, 0.717) is 5.69 Å². The fraction of sp³-hybridized carbons (Fsp3) is 0.407. The normalized spacial score (nSPS) is 21.2. The zero-order valence-corrected chi connectivity index (χ0v) is 19.4. The molecular formula is C27H29F3N4O. The van der Waals surface area contributed by atoms with Gasteiger partial charge in [0.2, 0.25) is 0 Å². The van der Waals surface area contributed by atoms with Crippen LogP contribution in [-0.2, 0) is 6.18 Å². The molecule has 8 heteroatoms. The number of halogens is 3. The summed E-state index contributed by atoms with van der Waals surface area (Å²) in [6.45, 7) is 2.05. The third-order valence-corrected chi connectivity index (χ3v) is 7.14. The first-order valence-electron chi connectivity index (χ1n) is 12.3. The minimum atomic E-state index is -4.49. The Balaban J connectivity index is 1.43. The molecule has 2 atom stereocenters. The summed E-state index contributed by atoms with van der Waals surface area (Å²) < 4.78 is 40.7. The Bertz CT molecular complexity index is 1210. The predicted octanol–water partition coefficient (Wildman–Crippen LogP) is 6.32. The highest BCUT2D eigenvalue weighted by atomic mass is 19.4. The second-order valence-electron chi connectivity index (χ2n) is 9.47. The van der Waals surface area contributed by atoms with Gasteiger partial charge in [-0.1, -0.05) is 25.0 Å². The first-order valence-corrected chi connectivity index (χ1v) is 12.3. The fourth-order valence-corrected chi connectivity index (χ4v) is 5.37. The number of fused-ring (bicyclic) bond motifs is 1. The summed E-state index contributed by atoms with van der Waals surface area (Å²) in [6.07, 6.45) is 3.51. The molecule has 2 aromatic carbocycles. The number of amides is 1. The van der Waals surface area contributed by atoms with Crippen LogP contribution in [0.25, 0.3) is 10.9 Å². The number of aromatic nitrogens is 1. The molecule has 3 aromatic rings. The van der Waals surface area contributed by atoms with E-state index in [0.717, 1.165) is 74.7 Å². The molecule has 1 saturated carbocycles. The van der Waals surface area contributed by atoms with Gasteiger partial charge in [0.25, 0.3) is 5.91 Å². The van der Waals surface area contributed by atoms with Gasteiger partial charge in [-0.05, 0) is 75.2 Å². The van der Waals surface area contributed by atoms with Crippen molar-refractivity contribution in [3.05, 3.63) is 65.9 Å². The van der Waals surface area contributed by atoms with Gasteiger partial charge in [-0.15, -0.1) is 0 Å². The Morgan fingerprint density at radius 1 is 0.971 bits per heavy atom. The summed E-state index contributed by atoms with van der Waals surface area (Å²) in [4.78, 5) is 20.0. The molecule has 1 aliphatic heterocycles. The van der Waals surface area contributed by atoms with Crippen molar-refractivity contribution < 1.29 is 18.0 Å². The number of hydrogen-bond acceptors (Lipinski definition) is 4. The van der Waals surface area contributed by atoms with E-state index in [1.54, 1.807) is 18.3 Å². The molecule has 0 spiro atoms. The molecule has 2 heterocycles. The lowest BCUT2D eigenvalue weighted by molar-refractivity contribution is -0.137. The second kappa shape index (κ2) is 9.85. The first kappa shape index (κ1) is 23.6. The van der Waals surface area contributed by atoms with Gasteiger partial charge in [-0.25, -0.2) is 0 Å². The van der Waals surface area contributed by atoms with E-state index in [1.807, 2.05) is 18.2 Å². The Morgan fingerprint density at radius 2 is 1.77 bits per heavy atom. The Morgan fingerprint density at radius 3 is 2.57 bits per heavy atom. The average molecular weight is 483 g/mol. The molecule has 35 heavy (non-hydrogen) atoms. The summed E-state index contributed by atoms with van der Waals surface area (Å²) in [7, 11) is 0. The standard InChI is InChI=1S/C27H29F3N4O/c28-27(29,30)19-10-12-21(26(35)32-20-11-9-18-6-5-13-31-23(18)17-20)24(16-19)33-22-7-1-2-8-25(22)34-14-3-4-15-34/h5-6,9-13,16-17,22,25,33H,1-4,7-8,14-15H2,(H,32,35)/t22-,25+/m0/s1. The summed E-state index contributed by atoms with van der Waals surface area (Å²) in [5, 5.41) is 7.15. The maximum Gasteiger partial charge on any atom is 0.416 e. The van der Waals surface area contributed by atoms with Gasteiger partial charge >= 0.3 is 6.18 Å². The van der Waals surface area contributed by atoms with Crippen molar-refractivity contribution in [3.63, 3.8) is 0 Å². The van der Waals surface area contributed by atoms with E-state index >= 15 is 0 Å². The van der Waals surface area contributed by atoms with E-state index in [4.69, 9.17) is 0 Å². The molecule has 2 N–H and O–H groups in total. The van der Waals surface area contributed by atoms with Crippen molar-refractivity contribution in [1.82, 2.24) is 9.88 Å². The number of pyridine rings is 1. The van der Waals surface area contributed by atoms with E-state index in [2.05, 4.69) is 20.5 Å². The van der Waals surface area contributed by atoms with Gasteiger partial charge in [0, 0.05) is 35.0 Å². The number of alkyl halides is 3. The second-order valence-corrected chi connectivity index (χ2v) is 9.47. The monoisotopic (exact) mass is 482 g/mol. The number of likely N-dealkylation sites (tertiary alicyclic amines) is 1. The molecule has 1 saturated heterocycles. The van der Waals surface area contributed by atoms with E-state index in [1.165, 1.54) is 6.07 Å². The molecule has 2 fully saturated rings. The molecule has 2 aliphatic rings. The van der Waals surface area contributed by atoms with Gasteiger partial charge in [0.1, 0.15) is 0 Å². The van der Waals surface area contributed by atoms with Crippen molar-refractivity contribution in [2.45, 2.75) is 56.8 Å². The van der Waals surface area contributed by atoms with Crippen LogP contribution in [0.4, 0.5) is 24.5 Å². The Labute approximate surface area is 202 Å². The van der Waals surface area contributed by atoms with E-state index < -0.39 is 17.6 Å². The van der Waals surface area contributed by atoms with Crippen molar-refractivity contribution in [2.75, 3.05) is 23.7 Å². The van der Waals surface area contributed by atoms with Crippen molar-refractivity contribution in [1.29, 1.82) is 0 Å². The highest BCUT2D eigenvalue weighted by Gasteiger charge is 2.34. The van der Waals surface area contributed by atoms with E-state index in [9.17, 15) is 18.0 Å². The Hall–Kier alpha value is -3.13. The zero-order valence-electron chi connectivity index (χ0n) is 19.4. The number of hydrogen-bond donors (Lipinski definition) is 2. The molecule has 1 aliphatic carbocycles. The molecule has 1 aromatic heterocycles. The maximum atomic E-state index is 13.6. The molecule has 0 unspecified atom stereocenters. The van der Waals surface area contributed by atoms with Crippen LogP contribution in [0.5, 0.6) is 0 Å². The van der Waals surface area contributed by atoms with Crippen LogP contribution < -0.4 is 10.6 Å². The van der Waals surface area contributed by atoms with Gasteiger partial charge in [-0.2, -0.15) is 13.2 Å². The number of rotatable bonds is 5. The minimum absolute atomic E-state index is 0.00162. The zero-order chi connectivity index (χ0) is 24.4. The number of nitrogens with zero attached hydrogens (tertiary/aromatic N) is 2. The largest absolute Gasteiger partial charge is 0.416 e. The average Bonchev–Trinajstić information content (AvgIpc) is 3.38. The maximum absolute atomic E-state index is 13.6. The highest BCUT2D eigenvalue weighted by Crippen LogP contribution is 2.35. The lowest BCUT2D eigenvalue weighted by atomic mass is 9.88. The van der Waals surface area contributed by atoms with Crippen LogP contribution in [0.3, 0.4) is 0 Å². The quantitative estimate of drug-likeness (QED) is 0.447. The van der Waals surface area contributed by atoms with Crippen molar-refractivity contribution in [2.24, 2.45) is 0 Å². The van der Waals surface area contributed by atoms with Crippen LogP contribution in [0.15, 0.2) is 54.7 Å². The summed E-state index contributed by atoms with van der Waals surface area (Å²) in [6, 6.07) is 12.7. The van der Waals surface area contributed by atoms with E-state index in [-0.39, 0.29) is 23.3 Å². The van der Waals surface area contributed by atoms with Gasteiger partial charge < -0.3 is 10.6 Å². The van der Waals surface area contributed by atoms with Crippen LogP contribution >= 0.6 is 0 Å². The first-order chi connectivity index (χ1) is 16.9. The van der Waals surface area contributed by atoms with Crippen LogP contribution in [-0.4, -0.2) is 41.0 Å². The molecule has 1 amide bonds. The molecule has 5 rings (SSSR count). The van der Waals surface area contributed by atoms with Crippen LogP contribution in [0.1, 0.15) is 54.4 Å². The molecule has 184 valence electrons. The predicted molar refractivity (Wildman–Crippen MR) is 132 cm³/mol. The van der Waals surface area contributed by atoms with Crippen LogP contribution in [0.2, 0.25) is 0 Å². The summed E-state index contributed by atoms with van der Waals surface area (Å²) >= 11 is 0. The molecule has 0 radical (unpaired) electrons. The third kappa shape index (κ3) is 5.27. The van der Waals surface area contributed by atoms with Gasteiger partial charge in [-0.3, -0.25) is 14.7 Å². The number of anilines is 2. The highest BCUT2D eigenvalue weighted by molar-refractivity contribution is 6.08. The smallest absolute Gasteiger partial charge is 0.380 e. The number of carbonyl (C=O) groups excluding carboxylic acids is 1. The fourth-order valence-electron chi connectivity index (χ4n) is 5.37. The topological polar surface area (TPSA) is 57.3 Å². The lowest BCUT2D eigenvalue weighted by Crippen LogP contribution is -2.47.